The van der Waals surface area contributed by atoms with Crippen LogP contribution in [-0.4, -0.2) is 205 Å². The van der Waals surface area contributed by atoms with Crippen molar-refractivity contribution in [2.24, 2.45) is 0 Å². The highest BCUT2D eigenvalue weighted by Gasteiger charge is 2.60. The molecule has 0 radical (unpaired) electrons. The van der Waals surface area contributed by atoms with Crippen LogP contribution in [0.1, 0.15) is 101 Å². The summed E-state index contributed by atoms with van der Waals surface area (Å²) in [6, 6.07) is -2.92. The minimum absolute atomic E-state index is 0.0599. The molecule has 6 heterocycles. The Labute approximate surface area is 436 Å². The van der Waals surface area contributed by atoms with Crippen molar-refractivity contribution in [2.45, 2.75) is 216 Å². The van der Waals surface area contributed by atoms with Crippen LogP contribution in [0.15, 0.2) is 0 Å². The summed E-state index contributed by atoms with van der Waals surface area (Å²) >= 11 is 0. The molecule has 0 unspecified atom stereocenters. The second-order valence-corrected chi connectivity index (χ2v) is 21.4. The molecule has 6 N–H and O–H groups in total. The number of esters is 1. The van der Waals surface area contributed by atoms with E-state index in [0.717, 1.165) is 0 Å². The molecule has 6 aliphatic heterocycles. The summed E-state index contributed by atoms with van der Waals surface area (Å²) in [5.74, 6) is -6.24. The summed E-state index contributed by atoms with van der Waals surface area (Å²) < 4.78 is 81.6. The van der Waals surface area contributed by atoms with E-state index in [1.165, 1.54) is 28.4 Å². The van der Waals surface area contributed by atoms with E-state index in [-0.39, 0.29) is 58.2 Å². The number of alkyl carbamates (subject to hydrolysis) is 1. The van der Waals surface area contributed by atoms with Crippen LogP contribution in [0.5, 0.6) is 0 Å². The summed E-state index contributed by atoms with van der Waals surface area (Å²) in [5, 5.41) is 16.4. The fourth-order valence-electron chi connectivity index (χ4n) is 9.90. The van der Waals surface area contributed by atoms with Gasteiger partial charge in [0.2, 0.25) is 29.5 Å². The fourth-order valence-corrected chi connectivity index (χ4v) is 9.90. The largest absolute Gasteiger partial charge is 0.469 e. The molecule has 15 atom stereocenters. The molecule has 0 aliphatic carbocycles. The third-order valence-electron chi connectivity index (χ3n) is 12.9. The molecule has 0 aromatic carbocycles. The van der Waals surface area contributed by atoms with Gasteiger partial charge in [0.25, 0.3) is 0 Å². The van der Waals surface area contributed by atoms with Crippen LogP contribution in [0.3, 0.4) is 0 Å². The summed E-state index contributed by atoms with van der Waals surface area (Å²) in [5.41, 5.74) is -0.743. The normalized spacial score (nSPS) is 32.0. The molecule has 6 rings (SSSR count). The highest BCUT2D eigenvalue weighted by atomic mass is 16.9. The number of carbonyl (C=O) groups excluding carboxylic acids is 7. The number of carbonyl (C=O) groups is 7. The Balaban J connectivity index is 1.04. The maximum absolute atomic E-state index is 13.7. The Morgan fingerprint density at radius 2 is 0.787 bits per heavy atom. The van der Waals surface area contributed by atoms with Gasteiger partial charge in [-0.15, -0.1) is 0 Å². The molecule has 6 amide bonds. The van der Waals surface area contributed by atoms with Crippen LogP contribution >= 0.6 is 0 Å². The zero-order chi connectivity index (χ0) is 55.2. The summed E-state index contributed by atoms with van der Waals surface area (Å²) in [7, 11) is 5.56. The third kappa shape index (κ3) is 16.1. The van der Waals surface area contributed by atoms with Crippen molar-refractivity contribution in [3.05, 3.63) is 0 Å². The molecule has 75 heavy (non-hydrogen) atoms. The molecule has 0 bridgehead atoms. The van der Waals surface area contributed by atoms with E-state index in [9.17, 15) is 33.6 Å². The molecule has 0 spiro atoms. The van der Waals surface area contributed by atoms with Gasteiger partial charge in [-0.3, -0.25) is 28.8 Å². The Morgan fingerprint density at radius 3 is 1.09 bits per heavy atom. The zero-order valence-electron chi connectivity index (χ0n) is 45.1. The maximum atomic E-state index is 13.7. The molecule has 0 aromatic heterocycles. The molecule has 6 aliphatic rings. The number of nitrogens with one attached hydrogen (secondary N) is 6. The quantitative estimate of drug-likeness (QED) is 0.0657. The lowest BCUT2D eigenvalue weighted by Crippen LogP contribution is -2.53. The first-order chi connectivity index (χ1) is 35.1. The number of amides is 6. The van der Waals surface area contributed by atoms with E-state index < -0.39 is 156 Å². The highest BCUT2D eigenvalue weighted by Crippen LogP contribution is 2.42. The summed E-state index contributed by atoms with van der Waals surface area (Å²) in [4.78, 5) is 92.1. The standard InChI is InChI=1S/C48H78N6O21/c1-45(2,3)75-44(61)51-19-16-28(57)53-24(33-36(64-12)39-42(67-33)73-47(6,7)70-39)21-30(59)49-17-14-26(55)52-23(32-35(63-11)38-41(66-32)72-46(4,5)69-38)20-29(58)50-18-15-27(56)54-25(22-31(60)62-10)34-37(65-13)40-43(68-34)74-48(8,9)71-40/h23-25,32-43H,14-22H2,1-13H3,(H,49,59)(H,50,58)(H,51,61)(H,52,55)(H,53,57)(H,54,56)/t23-,24-,25-,32-,33-,34-,35+,36+,37+,38-,39-,40-,41-,42-,43-/m1/s1. The lowest BCUT2D eigenvalue weighted by Gasteiger charge is -2.31. The van der Waals surface area contributed by atoms with Gasteiger partial charge in [0, 0.05) is 73.1 Å². The molecular formula is C48H78N6O21. The molecule has 426 valence electrons. The number of rotatable bonds is 24. The molecule has 0 saturated carbocycles. The Bertz CT molecular complexity index is 2040. The predicted molar refractivity (Wildman–Crippen MR) is 254 cm³/mol. The van der Waals surface area contributed by atoms with Gasteiger partial charge in [-0.25, -0.2) is 4.79 Å². The Kier molecular flexibility index (Phi) is 19.9. The van der Waals surface area contributed by atoms with E-state index in [1.54, 1.807) is 62.3 Å². The van der Waals surface area contributed by atoms with Crippen LogP contribution in [0.25, 0.3) is 0 Å². The summed E-state index contributed by atoms with van der Waals surface area (Å²) in [6.45, 7) is 15.1. The molecule has 6 fully saturated rings. The minimum atomic E-state index is -1.03. The SMILES string of the molecule is COC(=O)C[C@@H](NC(=O)CCNC(=O)C[C@@H](NC(=O)CCNC(=O)C[C@@H](NC(=O)CCNC(=O)OC(C)(C)C)[C@H]1O[C@@H]2OC(C)(C)O[C@@H]2[C@H]1OC)[C@H]1O[C@@H]2OC(C)(C)O[C@@H]2[C@H]1OC)[C@H]1O[C@@H]2OC(C)(C)O[C@@H]2[C@H]1OC. The number of ether oxygens (including phenoxy) is 14. The second-order valence-electron chi connectivity index (χ2n) is 21.4. The van der Waals surface area contributed by atoms with Gasteiger partial charge in [-0.1, -0.05) is 0 Å². The topological polar surface area (TPSA) is 321 Å². The fraction of sp³-hybridized carbons (Fsp3) is 0.854. The lowest BCUT2D eigenvalue weighted by atomic mass is 9.99. The second kappa shape index (κ2) is 24.9. The van der Waals surface area contributed by atoms with E-state index in [4.69, 9.17) is 66.3 Å². The van der Waals surface area contributed by atoms with Crippen molar-refractivity contribution >= 4 is 41.6 Å². The van der Waals surface area contributed by atoms with Gasteiger partial charge in [-0.2, -0.15) is 0 Å². The van der Waals surface area contributed by atoms with E-state index >= 15 is 0 Å². The summed E-state index contributed by atoms with van der Waals surface area (Å²) in [6.07, 6.45) is -11.7. The number of methoxy groups -OCH3 is 4. The van der Waals surface area contributed by atoms with E-state index in [0.29, 0.717) is 0 Å². The molecular weight excluding hydrogens is 997 g/mol. The van der Waals surface area contributed by atoms with Crippen molar-refractivity contribution in [1.82, 2.24) is 31.9 Å². The van der Waals surface area contributed by atoms with Crippen molar-refractivity contribution in [1.29, 1.82) is 0 Å². The smallest absolute Gasteiger partial charge is 0.407 e. The van der Waals surface area contributed by atoms with Crippen LogP contribution in [0, 0.1) is 0 Å². The van der Waals surface area contributed by atoms with Gasteiger partial charge < -0.3 is 98.2 Å². The van der Waals surface area contributed by atoms with Gasteiger partial charge in [-0.05, 0) is 62.3 Å². The van der Waals surface area contributed by atoms with Crippen molar-refractivity contribution < 1.29 is 99.9 Å². The average Bonchev–Trinajstić information content (AvgIpc) is 4.11. The Morgan fingerprint density at radius 1 is 0.467 bits per heavy atom. The monoisotopic (exact) mass is 1070 g/mol. The van der Waals surface area contributed by atoms with Crippen molar-refractivity contribution in [2.75, 3.05) is 48.1 Å². The van der Waals surface area contributed by atoms with Crippen LogP contribution in [0.2, 0.25) is 0 Å². The molecule has 27 heteroatoms. The molecule has 0 aromatic rings. The maximum Gasteiger partial charge on any atom is 0.407 e. The number of hydrogen-bond donors (Lipinski definition) is 6. The minimum Gasteiger partial charge on any atom is -0.469 e. The predicted octanol–water partition coefficient (Wildman–Crippen LogP) is -0.614. The van der Waals surface area contributed by atoms with Crippen LogP contribution in [0.4, 0.5) is 4.79 Å². The first-order valence-electron chi connectivity index (χ1n) is 25.2. The van der Waals surface area contributed by atoms with E-state index in [2.05, 4.69) is 31.9 Å². The van der Waals surface area contributed by atoms with Crippen LogP contribution < -0.4 is 31.9 Å². The van der Waals surface area contributed by atoms with Gasteiger partial charge >= 0.3 is 12.1 Å². The Hall–Kier alpha value is -4.39. The van der Waals surface area contributed by atoms with Gasteiger partial charge in [0.15, 0.2) is 36.2 Å². The first kappa shape index (κ1) is 59.8. The molecule has 6 saturated heterocycles. The van der Waals surface area contributed by atoms with Crippen molar-refractivity contribution in [3.63, 3.8) is 0 Å². The third-order valence-corrected chi connectivity index (χ3v) is 12.9. The lowest BCUT2D eigenvalue weighted by molar-refractivity contribution is -0.220. The zero-order valence-corrected chi connectivity index (χ0v) is 45.1. The molecule has 27 nitrogen and oxygen atoms in total. The van der Waals surface area contributed by atoms with Crippen LogP contribution in [-0.2, 0) is 95.1 Å². The number of hydrogen-bond acceptors (Lipinski definition) is 21. The van der Waals surface area contributed by atoms with Gasteiger partial charge in [0.05, 0.1) is 31.7 Å². The average molecular weight is 1080 g/mol. The first-order valence-corrected chi connectivity index (χ1v) is 25.2. The van der Waals surface area contributed by atoms with Gasteiger partial charge in [0.1, 0.15) is 60.5 Å². The van der Waals surface area contributed by atoms with Crippen molar-refractivity contribution in [3.8, 4) is 0 Å². The van der Waals surface area contributed by atoms with E-state index in [1.807, 2.05) is 0 Å². The highest BCUT2D eigenvalue weighted by molar-refractivity contribution is 5.83. The number of fused-ring (bicyclic) bond motifs is 3.